The summed E-state index contributed by atoms with van der Waals surface area (Å²) in [5, 5.41) is 4.84. The van der Waals surface area contributed by atoms with Crippen LogP contribution in [0.25, 0.3) is 0 Å². The SMILES string of the molecule is CCCC(=O)Nc1nc(C(=O)CC)cs1. The number of thiazole rings is 1. The van der Waals surface area contributed by atoms with Crippen LogP contribution in [0.4, 0.5) is 5.13 Å². The number of nitrogens with zero attached hydrogens (tertiary/aromatic N) is 1. The van der Waals surface area contributed by atoms with Crippen LogP contribution in [-0.2, 0) is 4.79 Å². The highest BCUT2D eigenvalue weighted by Crippen LogP contribution is 2.16. The van der Waals surface area contributed by atoms with Gasteiger partial charge >= 0.3 is 0 Å². The van der Waals surface area contributed by atoms with Gasteiger partial charge in [-0.1, -0.05) is 13.8 Å². The van der Waals surface area contributed by atoms with E-state index in [2.05, 4.69) is 10.3 Å². The maximum atomic E-state index is 11.3. The van der Waals surface area contributed by atoms with Gasteiger partial charge in [0, 0.05) is 18.2 Å². The van der Waals surface area contributed by atoms with Crippen LogP contribution in [0, 0.1) is 0 Å². The Hall–Kier alpha value is -1.23. The third kappa shape index (κ3) is 3.43. The van der Waals surface area contributed by atoms with Crippen molar-refractivity contribution >= 4 is 28.2 Å². The largest absolute Gasteiger partial charge is 0.302 e. The van der Waals surface area contributed by atoms with E-state index in [1.54, 1.807) is 12.3 Å². The minimum Gasteiger partial charge on any atom is -0.302 e. The fraction of sp³-hybridized carbons (Fsp3) is 0.500. The molecule has 1 N–H and O–H groups in total. The zero-order valence-corrected chi connectivity index (χ0v) is 9.69. The number of hydrogen-bond donors (Lipinski definition) is 1. The number of nitrogens with one attached hydrogen (secondary N) is 1. The molecule has 15 heavy (non-hydrogen) atoms. The number of rotatable bonds is 5. The van der Waals surface area contributed by atoms with Gasteiger partial charge in [-0.05, 0) is 6.42 Å². The molecule has 1 heterocycles. The van der Waals surface area contributed by atoms with Gasteiger partial charge in [0.1, 0.15) is 5.69 Å². The maximum Gasteiger partial charge on any atom is 0.226 e. The fourth-order valence-electron chi connectivity index (χ4n) is 1.05. The first-order valence-electron chi connectivity index (χ1n) is 4.96. The monoisotopic (exact) mass is 226 g/mol. The van der Waals surface area contributed by atoms with Crippen molar-refractivity contribution in [2.75, 3.05) is 5.32 Å². The molecular weight excluding hydrogens is 212 g/mol. The number of hydrogen-bond acceptors (Lipinski definition) is 4. The van der Waals surface area contributed by atoms with E-state index < -0.39 is 0 Å². The van der Waals surface area contributed by atoms with E-state index in [9.17, 15) is 9.59 Å². The Morgan fingerprint density at radius 1 is 1.47 bits per heavy atom. The van der Waals surface area contributed by atoms with E-state index in [0.717, 1.165) is 6.42 Å². The molecule has 5 heteroatoms. The van der Waals surface area contributed by atoms with E-state index in [-0.39, 0.29) is 11.7 Å². The average Bonchev–Trinajstić information content (AvgIpc) is 2.65. The molecule has 0 aliphatic rings. The summed E-state index contributed by atoms with van der Waals surface area (Å²) in [5.74, 6) is -0.0513. The summed E-state index contributed by atoms with van der Waals surface area (Å²) < 4.78 is 0. The first kappa shape index (κ1) is 11.8. The summed E-state index contributed by atoms with van der Waals surface area (Å²) in [4.78, 5) is 26.5. The van der Waals surface area contributed by atoms with Crippen molar-refractivity contribution in [3.05, 3.63) is 11.1 Å². The molecule has 1 rings (SSSR count). The summed E-state index contributed by atoms with van der Waals surface area (Å²) >= 11 is 1.28. The van der Waals surface area contributed by atoms with E-state index in [1.807, 2.05) is 6.92 Å². The second-order valence-corrected chi connectivity index (χ2v) is 3.97. The zero-order chi connectivity index (χ0) is 11.3. The third-order valence-corrected chi connectivity index (χ3v) is 2.59. The molecule has 0 spiro atoms. The molecule has 4 nitrogen and oxygen atoms in total. The molecule has 0 saturated carbocycles. The molecule has 0 atom stereocenters. The van der Waals surface area contributed by atoms with E-state index in [1.165, 1.54) is 11.3 Å². The van der Waals surface area contributed by atoms with Gasteiger partial charge in [0.15, 0.2) is 10.9 Å². The Kier molecular flexibility index (Phi) is 4.42. The number of carbonyl (C=O) groups excluding carboxylic acids is 2. The summed E-state index contributed by atoms with van der Waals surface area (Å²) in [6.45, 7) is 3.73. The number of ketones is 1. The van der Waals surface area contributed by atoms with Crippen LogP contribution in [-0.4, -0.2) is 16.7 Å². The lowest BCUT2D eigenvalue weighted by atomic mass is 10.2. The Morgan fingerprint density at radius 3 is 2.80 bits per heavy atom. The predicted octanol–water partition coefficient (Wildman–Crippen LogP) is 2.47. The number of carbonyl (C=O) groups is 2. The quantitative estimate of drug-likeness (QED) is 0.785. The van der Waals surface area contributed by atoms with Gasteiger partial charge in [0.05, 0.1) is 0 Å². The second-order valence-electron chi connectivity index (χ2n) is 3.11. The second kappa shape index (κ2) is 5.60. The zero-order valence-electron chi connectivity index (χ0n) is 8.87. The van der Waals surface area contributed by atoms with E-state index in [4.69, 9.17) is 0 Å². The minimum atomic E-state index is -0.0534. The number of Topliss-reactive ketones (excluding diaryl/α,β-unsaturated/α-hetero) is 1. The standard InChI is InChI=1S/C10H14N2O2S/c1-3-5-9(14)12-10-11-7(6-15-10)8(13)4-2/h6H,3-5H2,1-2H3,(H,11,12,14). The van der Waals surface area contributed by atoms with Gasteiger partial charge in [-0.15, -0.1) is 11.3 Å². The van der Waals surface area contributed by atoms with Gasteiger partial charge in [0.25, 0.3) is 0 Å². The van der Waals surface area contributed by atoms with Crippen molar-refractivity contribution in [1.29, 1.82) is 0 Å². The summed E-state index contributed by atoms with van der Waals surface area (Å²) in [5.41, 5.74) is 0.439. The Morgan fingerprint density at radius 2 is 2.20 bits per heavy atom. The molecule has 0 saturated heterocycles. The number of anilines is 1. The minimum absolute atomic E-state index is 0.00207. The van der Waals surface area contributed by atoms with Crippen molar-refractivity contribution in [1.82, 2.24) is 4.98 Å². The smallest absolute Gasteiger partial charge is 0.226 e. The molecule has 82 valence electrons. The molecule has 0 radical (unpaired) electrons. The van der Waals surface area contributed by atoms with E-state index >= 15 is 0 Å². The number of aromatic nitrogens is 1. The molecule has 0 bridgehead atoms. The molecule has 0 aromatic carbocycles. The third-order valence-electron chi connectivity index (χ3n) is 1.83. The van der Waals surface area contributed by atoms with Crippen molar-refractivity contribution in [2.45, 2.75) is 33.1 Å². The predicted molar refractivity (Wildman–Crippen MR) is 60.3 cm³/mol. The molecular formula is C10H14N2O2S. The van der Waals surface area contributed by atoms with Crippen LogP contribution in [0.2, 0.25) is 0 Å². The van der Waals surface area contributed by atoms with Crippen LogP contribution in [0.5, 0.6) is 0 Å². The number of amides is 1. The van der Waals surface area contributed by atoms with Crippen LogP contribution < -0.4 is 5.32 Å². The van der Waals surface area contributed by atoms with Gasteiger partial charge in [0.2, 0.25) is 5.91 Å². The van der Waals surface area contributed by atoms with Crippen LogP contribution in [0.1, 0.15) is 43.6 Å². The molecule has 0 aliphatic heterocycles. The highest BCUT2D eigenvalue weighted by molar-refractivity contribution is 7.14. The normalized spacial score (nSPS) is 10.0. The van der Waals surface area contributed by atoms with Crippen molar-refractivity contribution in [2.24, 2.45) is 0 Å². The lowest BCUT2D eigenvalue weighted by Gasteiger charge is -1.97. The maximum absolute atomic E-state index is 11.3. The summed E-state index contributed by atoms with van der Waals surface area (Å²) in [6, 6.07) is 0. The summed E-state index contributed by atoms with van der Waals surface area (Å²) in [7, 11) is 0. The highest BCUT2D eigenvalue weighted by Gasteiger charge is 2.09. The van der Waals surface area contributed by atoms with Crippen molar-refractivity contribution in [3.8, 4) is 0 Å². The van der Waals surface area contributed by atoms with Crippen molar-refractivity contribution in [3.63, 3.8) is 0 Å². The van der Waals surface area contributed by atoms with Gasteiger partial charge in [-0.2, -0.15) is 0 Å². The Labute approximate surface area is 92.7 Å². The average molecular weight is 226 g/mol. The molecule has 1 aromatic heterocycles. The Bertz CT molecular complexity index is 360. The Balaban J connectivity index is 2.60. The van der Waals surface area contributed by atoms with Gasteiger partial charge < -0.3 is 5.32 Å². The molecule has 0 unspecified atom stereocenters. The van der Waals surface area contributed by atoms with Gasteiger partial charge in [-0.3, -0.25) is 9.59 Å². The van der Waals surface area contributed by atoms with Gasteiger partial charge in [-0.25, -0.2) is 4.98 Å². The topological polar surface area (TPSA) is 59.1 Å². The lowest BCUT2D eigenvalue weighted by molar-refractivity contribution is -0.116. The molecule has 0 aliphatic carbocycles. The highest BCUT2D eigenvalue weighted by atomic mass is 32.1. The van der Waals surface area contributed by atoms with Crippen LogP contribution in [0.15, 0.2) is 5.38 Å². The molecule has 0 fully saturated rings. The summed E-state index contributed by atoms with van der Waals surface area (Å²) in [6.07, 6.45) is 1.72. The first-order chi connectivity index (χ1) is 7.17. The van der Waals surface area contributed by atoms with Crippen LogP contribution in [0.3, 0.4) is 0 Å². The molecule has 1 amide bonds. The fourth-order valence-corrected chi connectivity index (χ4v) is 1.78. The van der Waals surface area contributed by atoms with Crippen molar-refractivity contribution < 1.29 is 9.59 Å². The molecule has 1 aromatic rings. The first-order valence-corrected chi connectivity index (χ1v) is 5.83. The van der Waals surface area contributed by atoms with E-state index in [0.29, 0.717) is 23.7 Å². The lowest BCUT2D eigenvalue weighted by Crippen LogP contribution is -2.10. The van der Waals surface area contributed by atoms with Crippen LogP contribution >= 0.6 is 11.3 Å².